The molecule has 0 N–H and O–H groups in total. The van der Waals surface area contributed by atoms with Crippen LogP contribution in [0.3, 0.4) is 0 Å². The molecule has 0 aliphatic rings. The van der Waals surface area contributed by atoms with E-state index in [0.717, 1.165) is 9.25 Å². The standard InChI is InChI=1S/C16H15N5O5/c1-3-20-14(22)11(12-17-13(26-19-12)15(23)25-4-2)18-21(16(20)24)10-8-6-5-7-9-10/h5-9H,3-4H2,1-2H3. The van der Waals surface area contributed by atoms with Crippen LogP contribution in [0.4, 0.5) is 0 Å². The zero-order chi connectivity index (χ0) is 18.7. The van der Waals surface area contributed by atoms with Gasteiger partial charge in [-0.05, 0) is 26.0 Å². The topological polar surface area (TPSA) is 122 Å². The average molecular weight is 357 g/mol. The fraction of sp³-hybridized carbons (Fsp3) is 0.250. The van der Waals surface area contributed by atoms with Gasteiger partial charge in [-0.3, -0.25) is 9.36 Å². The smallest absolute Gasteiger partial charge is 0.397 e. The van der Waals surface area contributed by atoms with Crippen LogP contribution in [0.1, 0.15) is 24.5 Å². The molecule has 0 spiro atoms. The van der Waals surface area contributed by atoms with E-state index in [-0.39, 0.29) is 24.7 Å². The van der Waals surface area contributed by atoms with E-state index in [1.165, 1.54) is 0 Å². The molecule has 10 heteroatoms. The van der Waals surface area contributed by atoms with Gasteiger partial charge in [0.2, 0.25) is 5.82 Å². The summed E-state index contributed by atoms with van der Waals surface area (Å²) in [6.45, 7) is 3.55. The molecule has 0 unspecified atom stereocenters. The molecular formula is C16H15N5O5. The van der Waals surface area contributed by atoms with Crippen molar-refractivity contribution < 1.29 is 14.1 Å². The minimum Gasteiger partial charge on any atom is -0.459 e. The van der Waals surface area contributed by atoms with Crippen LogP contribution >= 0.6 is 0 Å². The molecule has 1 aromatic carbocycles. The third-order valence-corrected chi connectivity index (χ3v) is 3.46. The Morgan fingerprint density at radius 3 is 2.58 bits per heavy atom. The summed E-state index contributed by atoms with van der Waals surface area (Å²) in [6.07, 6.45) is 0. The largest absolute Gasteiger partial charge is 0.459 e. The van der Waals surface area contributed by atoms with Crippen LogP contribution in [-0.2, 0) is 11.3 Å². The second-order valence-corrected chi connectivity index (χ2v) is 5.07. The summed E-state index contributed by atoms with van der Waals surface area (Å²) in [5.74, 6) is -1.41. The van der Waals surface area contributed by atoms with E-state index >= 15 is 0 Å². The number of hydrogen-bond donors (Lipinski definition) is 0. The fourth-order valence-electron chi connectivity index (χ4n) is 2.27. The number of nitrogens with zero attached hydrogens (tertiary/aromatic N) is 5. The Balaban J connectivity index is 2.18. The Kier molecular flexibility index (Phi) is 4.74. The van der Waals surface area contributed by atoms with Crippen LogP contribution in [0.2, 0.25) is 0 Å². The Labute approximate surface area is 146 Å². The molecule has 0 radical (unpaired) electrons. The number of aromatic nitrogens is 5. The molecule has 0 saturated carbocycles. The maximum atomic E-state index is 12.6. The SMILES string of the molecule is CCOC(=O)c1nc(-c2nn(-c3ccccc3)c(=O)n(CC)c2=O)no1. The Bertz CT molecular complexity index is 1050. The van der Waals surface area contributed by atoms with Gasteiger partial charge in [-0.1, -0.05) is 23.4 Å². The van der Waals surface area contributed by atoms with Gasteiger partial charge >= 0.3 is 17.5 Å². The normalized spacial score (nSPS) is 10.7. The lowest BCUT2D eigenvalue weighted by Gasteiger charge is -2.09. The predicted octanol–water partition coefficient (Wildman–Crippen LogP) is 0.641. The van der Waals surface area contributed by atoms with Gasteiger partial charge in [0.1, 0.15) is 0 Å². The maximum Gasteiger partial charge on any atom is 0.397 e. The van der Waals surface area contributed by atoms with Gasteiger partial charge in [0.15, 0.2) is 5.69 Å². The van der Waals surface area contributed by atoms with E-state index in [4.69, 9.17) is 9.26 Å². The molecule has 10 nitrogen and oxygen atoms in total. The molecule has 2 heterocycles. The van der Waals surface area contributed by atoms with Crippen molar-refractivity contribution in [3.05, 3.63) is 57.1 Å². The minimum atomic E-state index is -0.807. The number of carbonyl (C=O) groups excluding carboxylic acids is 1. The Morgan fingerprint density at radius 1 is 1.19 bits per heavy atom. The molecule has 0 atom stereocenters. The van der Waals surface area contributed by atoms with Crippen molar-refractivity contribution in [3.63, 3.8) is 0 Å². The van der Waals surface area contributed by atoms with Gasteiger partial charge in [0.25, 0.3) is 5.56 Å². The summed E-state index contributed by atoms with van der Waals surface area (Å²) in [6, 6.07) is 8.59. The maximum absolute atomic E-state index is 12.6. The van der Waals surface area contributed by atoms with Gasteiger partial charge in [-0.15, -0.1) is 0 Å². The lowest BCUT2D eigenvalue weighted by Crippen LogP contribution is -2.41. The van der Waals surface area contributed by atoms with Crippen molar-refractivity contribution in [2.45, 2.75) is 20.4 Å². The van der Waals surface area contributed by atoms with Crippen molar-refractivity contribution in [1.29, 1.82) is 0 Å². The summed E-state index contributed by atoms with van der Waals surface area (Å²) in [5, 5.41) is 7.69. The van der Waals surface area contributed by atoms with E-state index in [0.29, 0.717) is 5.69 Å². The molecule has 3 rings (SSSR count). The molecule has 0 amide bonds. The van der Waals surface area contributed by atoms with Crippen molar-refractivity contribution in [3.8, 4) is 17.2 Å². The van der Waals surface area contributed by atoms with Gasteiger partial charge in [-0.2, -0.15) is 14.8 Å². The van der Waals surface area contributed by atoms with Gasteiger partial charge < -0.3 is 9.26 Å². The number of ether oxygens (including phenoxy) is 1. The second-order valence-electron chi connectivity index (χ2n) is 5.07. The van der Waals surface area contributed by atoms with E-state index in [1.807, 2.05) is 0 Å². The fourth-order valence-corrected chi connectivity index (χ4v) is 2.27. The van der Waals surface area contributed by atoms with Crippen molar-refractivity contribution in [1.82, 2.24) is 24.5 Å². The molecule has 26 heavy (non-hydrogen) atoms. The highest BCUT2D eigenvalue weighted by atomic mass is 16.6. The van der Waals surface area contributed by atoms with E-state index in [9.17, 15) is 14.4 Å². The molecule has 0 aliphatic carbocycles. The Hall–Kier alpha value is -3.56. The molecule has 0 fully saturated rings. The summed E-state index contributed by atoms with van der Waals surface area (Å²) < 4.78 is 11.7. The lowest BCUT2D eigenvalue weighted by molar-refractivity contribution is 0.0470. The number of esters is 1. The van der Waals surface area contributed by atoms with Crippen LogP contribution < -0.4 is 11.2 Å². The molecule has 134 valence electrons. The van der Waals surface area contributed by atoms with Gasteiger partial charge in [0.05, 0.1) is 12.3 Å². The number of para-hydroxylation sites is 1. The van der Waals surface area contributed by atoms with Crippen LogP contribution in [0.5, 0.6) is 0 Å². The van der Waals surface area contributed by atoms with Gasteiger partial charge in [0, 0.05) is 6.54 Å². The zero-order valence-corrected chi connectivity index (χ0v) is 14.1. The van der Waals surface area contributed by atoms with Gasteiger partial charge in [-0.25, -0.2) is 9.59 Å². The summed E-state index contributed by atoms with van der Waals surface area (Å²) in [5.41, 5.74) is -1.02. The monoisotopic (exact) mass is 357 g/mol. The van der Waals surface area contributed by atoms with Crippen LogP contribution in [0.25, 0.3) is 17.2 Å². The number of benzene rings is 1. The average Bonchev–Trinajstić information content (AvgIpc) is 3.13. The molecule has 0 saturated heterocycles. The summed E-state index contributed by atoms with van der Waals surface area (Å²) in [4.78, 5) is 40.6. The van der Waals surface area contributed by atoms with E-state index < -0.39 is 23.1 Å². The molecular weight excluding hydrogens is 342 g/mol. The quantitative estimate of drug-likeness (QED) is 0.610. The van der Waals surface area contributed by atoms with Crippen molar-refractivity contribution in [2.24, 2.45) is 0 Å². The second kappa shape index (κ2) is 7.13. The van der Waals surface area contributed by atoms with E-state index in [2.05, 4.69) is 15.2 Å². The highest BCUT2D eigenvalue weighted by Crippen LogP contribution is 2.10. The first kappa shape index (κ1) is 17.3. The van der Waals surface area contributed by atoms with Crippen LogP contribution in [-0.4, -0.2) is 37.1 Å². The summed E-state index contributed by atoms with van der Waals surface area (Å²) in [7, 11) is 0. The van der Waals surface area contributed by atoms with Crippen LogP contribution in [0.15, 0.2) is 44.4 Å². The van der Waals surface area contributed by atoms with E-state index in [1.54, 1.807) is 44.2 Å². The highest BCUT2D eigenvalue weighted by Gasteiger charge is 2.22. The lowest BCUT2D eigenvalue weighted by atomic mass is 10.3. The first-order valence-corrected chi connectivity index (χ1v) is 7.87. The zero-order valence-electron chi connectivity index (χ0n) is 14.1. The first-order chi connectivity index (χ1) is 12.6. The molecule has 2 aromatic heterocycles. The van der Waals surface area contributed by atoms with Crippen LogP contribution in [0, 0.1) is 0 Å². The molecule has 3 aromatic rings. The third kappa shape index (κ3) is 3.04. The number of hydrogen-bond acceptors (Lipinski definition) is 8. The summed E-state index contributed by atoms with van der Waals surface area (Å²) >= 11 is 0. The highest BCUT2D eigenvalue weighted by molar-refractivity contribution is 5.84. The number of rotatable bonds is 5. The molecule has 0 aliphatic heterocycles. The Morgan fingerprint density at radius 2 is 1.92 bits per heavy atom. The minimum absolute atomic E-state index is 0.128. The predicted molar refractivity (Wildman–Crippen MR) is 89.0 cm³/mol. The number of carbonyl (C=O) groups is 1. The first-order valence-electron chi connectivity index (χ1n) is 7.87. The van der Waals surface area contributed by atoms with Crippen molar-refractivity contribution in [2.75, 3.05) is 6.61 Å². The molecule has 0 bridgehead atoms. The third-order valence-electron chi connectivity index (χ3n) is 3.46. The van der Waals surface area contributed by atoms with Crippen molar-refractivity contribution >= 4 is 5.97 Å².